The Labute approximate surface area is 83.3 Å². The minimum atomic E-state index is -1.32. The first-order valence-corrected chi connectivity index (χ1v) is 3.98. The average Bonchev–Trinajstić information content (AvgIpc) is 2.44. The average molecular weight is 207 g/mol. The molecular weight excluding hydrogens is 202 g/mol. The number of aromatic carboxylic acids is 1. The summed E-state index contributed by atoms with van der Waals surface area (Å²) in [5.41, 5.74) is -0.651. The number of carbonyl (C=O) groups excluding carboxylic acids is 2. The summed E-state index contributed by atoms with van der Waals surface area (Å²) in [6, 6.07) is 3.83. The number of carboxylic acids is 1. The molecule has 6 heteroatoms. The van der Waals surface area contributed by atoms with Crippen molar-refractivity contribution in [3.63, 3.8) is 0 Å². The zero-order valence-electron chi connectivity index (χ0n) is 7.30. The van der Waals surface area contributed by atoms with E-state index < -0.39 is 17.8 Å². The number of hydroxylamine groups is 2. The first kappa shape index (κ1) is 9.35. The third-order valence-electron chi connectivity index (χ3n) is 2.12. The molecule has 1 aromatic rings. The molecular formula is C9H5NO5. The maximum absolute atomic E-state index is 11.3. The number of nitrogens with zero attached hydrogens (tertiary/aromatic N) is 1. The zero-order chi connectivity index (χ0) is 11.2. The normalized spacial score (nSPS) is 14.3. The number of rotatable bonds is 1. The Morgan fingerprint density at radius 2 is 1.87 bits per heavy atom. The van der Waals surface area contributed by atoms with Gasteiger partial charge in [0.2, 0.25) is 0 Å². The number of carbonyl (C=O) groups is 3. The predicted octanol–water partition coefficient (Wildman–Crippen LogP) is 0.370. The Hall–Kier alpha value is -2.21. The highest BCUT2D eigenvalue weighted by atomic mass is 16.5. The lowest BCUT2D eigenvalue weighted by Gasteiger charge is -2.01. The molecule has 1 heterocycles. The van der Waals surface area contributed by atoms with Crippen LogP contribution in [0.5, 0.6) is 0 Å². The summed E-state index contributed by atoms with van der Waals surface area (Å²) in [5, 5.41) is 17.7. The number of hydrogen-bond acceptors (Lipinski definition) is 4. The van der Waals surface area contributed by atoms with Crippen LogP contribution in [0.15, 0.2) is 18.2 Å². The van der Waals surface area contributed by atoms with Gasteiger partial charge in [-0.25, -0.2) is 4.79 Å². The molecule has 1 aromatic carbocycles. The largest absolute Gasteiger partial charge is 0.478 e. The molecule has 0 atom stereocenters. The third-order valence-corrected chi connectivity index (χ3v) is 2.12. The summed E-state index contributed by atoms with van der Waals surface area (Å²) in [6.07, 6.45) is 0. The molecule has 0 unspecified atom stereocenters. The second-order valence-corrected chi connectivity index (χ2v) is 2.96. The lowest BCUT2D eigenvalue weighted by Crippen LogP contribution is -2.25. The quantitative estimate of drug-likeness (QED) is 0.512. The summed E-state index contributed by atoms with van der Waals surface area (Å²) in [7, 11) is 0. The number of carboxylic acid groups (broad SMARTS) is 1. The number of hydrogen-bond donors (Lipinski definition) is 2. The van der Waals surface area contributed by atoms with Gasteiger partial charge < -0.3 is 5.11 Å². The van der Waals surface area contributed by atoms with E-state index in [9.17, 15) is 14.4 Å². The van der Waals surface area contributed by atoms with Crippen molar-refractivity contribution in [1.29, 1.82) is 0 Å². The third kappa shape index (κ3) is 1.12. The Balaban J connectivity index is 2.74. The van der Waals surface area contributed by atoms with Gasteiger partial charge in [-0.2, -0.15) is 0 Å². The van der Waals surface area contributed by atoms with Crippen molar-refractivity contribution in [3.8, 4) is 0 Å². The van der Waals surface area contributed by atoms with Gasteiger partial charge in [-0.15, -0.1) is 5.06 Å². The van der Waals surface area contributed by atoms with Crippen LogP contribution in [0.3, 0.4) is 0 Å². The lowest BCUT2D eigenvalue weighted by molar-refractivity contribution is -0.0327. The smallest absolute Gasteiger partial charge is 0.336 e. The summed E-state index contributed by atoms with van der Waals surface area (Å²) >= 11 is 0. The first-order valence-electron chi connectivity index (χ1n) is 3.98. The molecule has 0 aliphatic carbocycles. The summed E-state index contributed by atoms with van der Waals surface area (Å²) in [6.45, 7) is 0. The van der Waals surface area contributed by atoms with Gasteiger partial charge in [0.1, 0.15) is 0 Å². The molecule has 0 bridgehead atoms. The second kappa shape index (κ2) is 2.89. The summed E-state index contributed by atoms with van der Waals surface area (Å²) in [5.74, 6) is -3.23. The maximum atomic E-state index is 11.3. The van der Waals surface area contributed by atoms with Crippen LogP contribution < -0.4 is 0 Å². The van der Waals surface area contributed by atoms with E-state index in [2.05, 4.69) is 0 Å². The number of benzene rings is 1. The van der Waals surface area contributed by atoms with Crippen LogP contribution in [0.1, 0.15) is 31.1 Å². The highest BCUT2D eigenvalue weighted by Crippen LogP contribution is 2.24. The number of amides is 2. The maximum Gasteiger partial charge on any atom is 0.336 e. The Kier molecular flexibility index (Phi) is 1.80. The van der Waals surface area contributed by atoms with Crippen LogP contribution in [-0.4, -0.2) is 33.2 Å². The van der Waals surface area contributed by atoms with Crippen LogP contribution in [0.4, 0.5) is 0 Å². The number of imide groups is 1. The molecule has 2 amide bonds. The van der Waals surface area contributed by atoms with Crippen molar-refractivity contribution in [2.45, 2.75) is 0 Å². The lowest BCUT2D eigenvalue weighted by atomic mass is 10.0. The monoisotopic (exact) mass is 207 g/mol. The molecule has 0 saturated carbocycles. The van der Waals surface area contributed by atoms with Gasteiger partial charge in [-0.05, 0) is 12.1 Å². The molecule has 1 aliphatic heterocycles. The van der Waals surface area contributed by atoms with E-state index in [1.807, 2.05) is 0 Å². The van der Waals surface area contributed by atoms with E-state index in [4.69, 9.17) is 10.3 Å². The van der Waals surface area contributed by atoms with Gasteiger partial charge in [0, 0.05) is 0 Å². The number of fused-ring (bicyclic) bond motifs is 1. The Morgan fingerprint density at radius 3 is 2.47 bits per heavy atom. The van der Waals surface area contributed by atoms with Crippen LogP contribution in [0.25, 0.3) is 0 Å². The molecule has 0 saturated heterocycles. The van der Waals surface area contributed by atoms with Gasteiger partial charge >= 0.3 is 5.97 Å². The molecule has 76 valence electrons. The standard InChI is InChI=1S/C9H5NO5/c11-7-4-2-1-3-5(9(13)14)6(4)8(12)10(7)15/h1-3,15H,(H,13,14). The molecule has 0 spiro atoms. The zero-order valence-corrected chi connectivity index (χ0v) is 7.30. The van der Waals surface area contributed by atoms with Crippen LogP contribution in [-0.2, 0) is 0 Å². The highest BCUT2D eigenvalue weighted by molar-refractivity contribution is 6.23. The Bertz CT molecular complexity index is 493. The van der Waals surface area contributed by atoms with Crippen molar-refractivity contribution in [3.05, 3.63) is 34.9 Å². The fourth-order valence-corrected chi connectivity index (χ4v) is 1.45. The van der Waals surface area contributed by atoms with E-state index in [-0.39, 0.29) is 21.8 Å². The van der Waals surface area contributed by atoms with E-state index in [1.54, 1.807) is 0 Å². The highest BCUT2D eigenvalue weighted by Gasteiger charge is 2.38. The molecule has 0 radical (unpaired) electrons. The predicted molar refractivity (Wildman–Crippen MR) is 45.7 cm³/mol. The summed E-state index contributed by atoms with van der Waals surface area (Å²) < 4.78 is 0. The molecule has 1 aliphatic rings. The molecule has 0 fully saturated rings. The second-order valence-electron chi connectivity index (χ2n) is 2.96. The molecule has 2 rings (SSSR count). The van der Waals surface area contributed by atoms with Crippen molar-refractivity contribution in [2.24, 2.45) is 0 Å². The molecule has 2 N–H and O–H groups in total. The van der Waals surface area contributed by atoms with Crippen molar-refractivity contribution >= 4 is 17.8 Å². The van der Waals surface area contributed by atoms with Crippen LogP contribution >= 0.6 is 0 Å². The SMILES string of the molecule is O=C(O)c1cccc2c1C(=O)N(O)C2=O. The van der Waals surface area contributed by atoms with E-state index in [0.717, 1.165) is 0 Å². The fraction of sp³-hybridized carbons (Fsp3) is 0. The molecule has 6 nitrogen and oxygen atoms in total. The fourth-order valence-electron chi connectivity index (χ4n) is 1.45. The van der Waals surface area contributed by atoms with Crippen LogP contribution in [0, 0.1) is 0 Å². The molecule has 15 heavy (non-hydrogen) atoms. The van der Waals surface area contributed by atoms with Gasteiger partial charge in [0.05, 0.1) is 16.7 Å². The van der Waals surface area contributed by atoms with Gasteiger partial charge in [0.15, 0.2) is 0 Å². The minimum absolute atomic E-state index is 0.0862. The van der Waals surface area contributed by atoms with Gasteiger partial charge in [-0.1, -0.05) is 6.07 Å². The van der Waals surface area contributed by atoms with Gasteiger partial charge in [0.25, 0.3) is 11.8 Å². The van der Waals surface area contributed by atoms with E-state index in [1.165, 1.54) is 18.2 Å². The topological polar surface area (TPSA) is 94.9 Å². The Morgan fingerprint density at radius 1 is 1.20 bits per heavy atom. The van der Waals surface area contributed by atoms with E-state index >= 15 is 0 Å². The molecule has 0 aromatic heterocycles. The van der Waals surface area contributed by atoms with Gasteiger partial charge in [-0.3, -0.25) is 14.8 Å². The first-order chi connectivity index (χ1) is 7.04. The van der Waals surface area contributed by atoms with Crippen molar-refractivity contribution in [1.82, 2.24) is 5.06 Å². The van der Waals surface area contributed by atoms with Crippen LogP contribution in [0.2, 0.25) is 0 Å². The van der Waals surface area contributed by atoms with E-state index in [0.29, 0.717) is 0 Å². The van der Waals surface area contributed by atoms with Crippen molar-refractivity contribution in [2.75, 3.05) is 0 Å². The summed E-state index contributed by atoms with van der Waals surface area (Å²) in [4.78, 5) is 33.3. The minimum Gasteiger partial charge on any atom is -0.478 e. The van der Waals surface area contributed by atoms with Crippen molar-refractivity contribution < 1.29 is 24.7 Å².